The molecule has 0 radical (unpaired) electrons. The number of hydrogen-bond acceptors (Lipinski definition) is 6. The van der Waals surface area contributed by atoms with E-state index in [9.17, 15) is 10.4 Å². The highest BCUT2D eigenvalue weighted by atomic mass is 16.9. The van der Waals surface area contributed by atoms with Crippen LogP contribution in [0.25, 0.3) is 0 Å². The van der Waals surface area contributed by atoms with E-state index >= 15 is 0 Å². The molecule has 150 valence electrons. The van der Waals surface area contributed by atoms with Crippen LogP contribution >= 0.6 is 0 Å². The molecule has 0 aliphatic heterocycles. The summed E-state index contributed by atoms with van der Waals surface area (Å²) in [7, 11) is 0. The van der Waals surface area contributed by atoms with Gasteiger partial charge in [-0.2, -0.15) is 0 Å². The molecule has 0 saturated heterocycles. The van der Waals surface area contributed by atoms with E-state index in [2.05, 4.69) is 11.7 Å². The monoisotopic (exact) mass is 394 g/mol. The SMILES string of the molecule is C=Nc1cc(C)ccc1[NH+]([O-])Oc1ccc(O[NH+]([O-])c2ccc(C)cc2)cc1N. The van der Waals surface area contributed by atoms with E-state index in [4.69, 9.17) is 15.4 Å². The smallest absolute Gasteiger partial charge is 0.214 e. The number of rotatable bonds is 7. The molecule has 0 amide bonds. The van der Waals surface area contributed by atoms with Gasteiger partial charge in [0.1, 0.15) is 5.69 Å². The summed E-state index contributed by atoms with van der Waals surface area (Å²) >= 11 is 0. The van der Waals surface area contributed by atoms with Crippen molar-refractivity contribution in [3.8, 4) is 11.5 Å². The number of nitrogens with two attached hydrogens (primary N) is 1. The summed E-state index contributed by atoms with van der Waals surface area (Å²) in [5.41, 5.74) is 9.25. The Bertz CT molecular complexity index is 1010. The summed E-state index contributed by atoms with van der Waals surface area (Å²) in [5, 5.41) is 23.6. The molecule has 3 aromatic rings. The fraction of sp³-hybridized carbons (Fsp3) is 0.0952. The maximum atomic E-state index is 12.5. The molecule has 0 spiro atoms. The predicted molar refractivity (Wildman–Crippen MR) is 112 cm³/mol. The van der Waals surface area contributed by atoms with Crippen molar-refractivity contribution in [2.75, 3.05) is 5.73 Å². The Morgan fingerprint density at radius 2 is 1.55 bits per heavy atom. The summed E-state index contributed by atoms with van der Waals surface area (Å²) in [6, 6.07) is 16.6. The van der Waals surface area contributed by atoms with Crippen LogP contribution in [0.15, 0.2) is 65.7 Å². The lowest BCUT2D eigenvalue weighted by Crippen LogP contribution is -3.04. The molecule has 0 fully saturated rings. The van der Waals surface area contributed by atoms with Crippen LogP contribution in [0.3, 0.4) is 0 Å². The van der Waals surface area contributed by atoms with Crippen molar-refractivity contribution in [3.63, 3.8) is 0 Å². The maximum absolute atomic E-state index is 12.5. The van der Waals surface area contributed by atoms with E-state index in [1.807, 2.05) is 26.0 Å². The molecule has 0 saturated carbocycles. The first kappa shape index (κ1) is 20.3. The highest BCUT2D eigenvalue weighted by Gasteiger charge is 2.15. The van der Waals surface area contributed by atoms with Crippen molar-refractivity contribution in [2.45, 2.75) is 13.8 Å². The van der Waals surface area contributed by atoms with Crippen molar-refractivity contribution < 1.29 is 20.1 Å². The number of nitrogens with zero attached hydrogens (tertiary/aromatic N) is 1. The van der Waals surface area contributed by atoms with Crippen molar-refractivity contribution in [2.24, 2.45) is 4.99 Å². The van der Waals surface area contributed by atoms with Gasteiger partial charge in [-0.1, -0.05) is 23.8 Å². The second-order valence-corrected chi connectivity index (χ2v) is 6.52. The van der Waals surface area contributed by atoms with Gasteiger partial charge in [-0.15, -0.1) is 10.5 Å². The summed E-state index contributed by atoms with van der Waals surface area (Å²) in [4.78, 5) is 14.6. The van der Waals surface area contributed by atoms with Crippen LogP contribution in [0.5, 0.6) is 11.5 Å². The number of nitrogens with one attached hydrogen (secondary N) is 2. The highest BCUT2D eigenvalue weighted by molar-refractivity contribution is 5.61. The average Bonchev–Trinajstić information content (AvgIpc) is 2.70. The number of nitrogen functional groups attached to an aromatic ring is 1. The lowest BCUT2D eigenvalue weighted by molar-refractivity contribution is -0.963. The molecular formula is C21H22N4O4. The van der Waals surface area contributed by atoms with Crippen LogP contribution in [0.4, 0.5) is 22.7 Å². The number of quaternary nitrogens is 2. The molecule has 4 N–H and O–H groups in total. The Hall–Kier alpha value is -3.43. The van der Waals surface area contributed by atoms with Gasteiger partial charge in [0, 0.05) is 24.3 Å². The van der Waals surface area contributed by atoms with Crippen LogP contribution in [0.2, 0.25) is 0 Å². The predicted octanol–water partition coefficient (Wildman–Crippen LogP) is 2.23. The summed E-state index contributed by atoms with van der Waals surface area (Å²) in [5.74, 6) is 0.400. The zero-order valence-corrected chi connectivity index (χ0v) is 16.1. The maximum Gasteiger partial charge on any atom is 0.214 e. The zero-order valence-electron chi connectivity index (χ0n) is 16.1. The van der Waals surface area contributed by atoms with Crippen LogP contribution in [0, 0.1) is 24.3 Å². The molecule has 3 aromatic carbocycles. The third-order valence-electron chi connectivity index (χ3n) is 4.23. The molecule has 0 aromatic heterocycles. The molecule has 0 aliphatic rings. The second-order valence-electron chi connectivity index (χ2n) is 6.52. The Morgan fingerprint density at radius 1 is 0.862 bits per heavy atom. The van der Waals surface area contributed by atoms with Crippen LogP contribution in [0.1, 0.15) is 11.1 Å². The Kier molecular flexibility index (Phi) is 6.10. The number of aliphatic imine (C=N–C) groups is 1. The highest BCUT2D eigenvalue weighted by Crippen LogP contribution is 2.27. The molecular weight excluding hydrogens is 372 g/mol. The molecule has 3 rings (SSSR count). The molecule has 0 heterocycles. The van der Waals surface area contributed by atoms with E-state index in [1.54, 1.807) is 30.3 Å². The molecule has 0 aliphatic carbocycles. The lowest BCUT2D eigenvalue weighted by atomic mass is 10.2. The quantitative estimate of drug-likeness (QED) is 0.323. The van der Waals surface area contributed by atoms with Crippen molar-refractivity contribution >= 4 is 29.5 Å². The number of benzene rings is 3. The molecule has 8 heteroatoms. The van der Waals surface area contributed by atoms with Crippen LogP contribution in [-0.4, -0.2) is 6.72 Å². The first-order chi connectivity index (χ1) is 13.9. The minimum atomic E-state index is -0.608. The van der Waals surface area contributed by atoms with Gasteiger partial charge in [-0.25, -0.2) is 0 Å². The molecule has 0 bridgehead atoms. The third-order valence-corrected chi connectivity index (χ3v) is 4.23. The Morgan fingerprint density at radius 3 is 2.21 bits per heavy atom. The number of hydrogen-bond donors (Lipinski definition) is 3. The van der Waals surface area contributed by atoms with Gasteiger partial charge in [0.15, 0.2) is 17.1 Å². The van der Waals surface area contributed by atoms with Gasteiger partial charge in [0.2, 0.25) is 5.75 Å². The fourth-order valence-corrected chi connectivity index (χ4v) is 2.64. The van der Waals surface area contributed by atoms with Gasteiger partial charge in [0.05, 0.1) is 5.69 Å². The van der Waals surface area contributed by atoms with Crippen molar-refractivity contribution in [3.05, 3.63) is 82.2 Å². The molecule has 29 heavy (non-hydrogen) atoms. The average molecular weight is 394 g/mol. The van der Waals surface area contributed by atoms with E-state index in [0.717, 1.165) is 11.1 Å². The van der Waals surface area contributed by atoms with E-state index < -0.39 is 10.5 Å². The first-order valence-electron chi connectivity index (χ1n) is 8.85. The van der Waals surface area contributed by atoms with Crippen molar-refractivity contribution in [1.29, 1.82) is 0 Å². The van der Waals surface area contributed by atoms with Gasteiger partial charge >= 0.3 is 0 Å². The normalized spacial score (nSPS) is 12.8. The Labute approximate surface area is 168 Å². The third kappa shape index (κ3) is 4.89. The minimum Gasteiger partial charge on any atom is -0.585 e. The zero-order chi connectivity index (χ0) is 21.0. The summed E-state index contributed by atoms with van der Waals surface area (Å²) in [6.45, 7) is 7.30. The van der Waals surface area contributed by atoms with Crippen molar-refractivity contribution in [1.82, 2.24) is 0 Å². The largest absolute Gasteiger partial charge is 0.585 e. The molecule has 8 nitrogen and oxygen atoms in total. The fourth-order valence-electron chi connectivity index (χ4n) is 2.64. The summed E-state index contributed by atoms with van der Waals surface area (Å²) < 4.78 is 0. The van der Waals surface area contributed by atoms with Gasteiger partial charge in [-0.3, -0.25) is 4.99 Å². The molecule has 2 atom stereocenters. The van der Waals surface area contributed by atoms with Gasteiger partial charge in [0.25, 0.3) is 0 Å². The van der Waals surface area contributed by atoms with E-state index in [0.29, 0.717) is 11.4 Å². The number of anilines is 1. The van der Waals surface area contributed by atoms with E-state index in [-0.39, 0.29) is 22.9 Å². The van der Waals surface area contributed by atoms with Gasteiger partial charge in [-0.05, 0) is 44.3 Å². The topological polar surface area (TPSA) is 112 Å². The lowest BCUT2D eigenvalue weighted by Gasteiger charge is -2.23. The molecule has 2 unspecified atom stereocenters. The van der Waals surface area contributed by atoms with Crippen LogP contribution < -0.4 is 25.9 Å². The number of aryl methyl sites for hydroxylation is 2. The standard InChI is InChI=1S/C21H22N4O4/c1-14-4-7-16(8-5-14)24(26)28-17-9-11-21(18(22)13-17)29-25(27)20-10-6-15(2)12-19(20)23-3/h4-13,24-25H,3,22H2,1-2H3. The van der Waals surface area contributed by atoms with Crippen LogP contribution in [-0.2, 0) is 0 Å². The summed E-state index contributed by atoms with van der Waals surface area (Å²) in [6.07, 6.45) is 0. The minimum absolute atomic E-state index is 0.153. The van der Waals surface area contributed by atoms with E-state index in [1.165, 1.54) is 18.2 Å². The Balaban J connectivity index is 1.72. The van der Waals surface area contributed by atoms with Gasteiger partial charge < -0.3 is 25.8 Å². The first-order valence-corrected chi connectivity index (χ1v) is 8.85. The second kappa shape index (κ2) is 8.72.